The summed E-state index contributed by atoms with van der Waals surface area (Å²) in [5.74, 6) is -0.448. The van der Waals surface area contributed by atoms with Crippen molar-refractivity contribution in [1.82, 2.24) is 13.5 Å². The van der Waals surface area contributed by atoms with Gasteiger partial charge >= 0.3 is 12.0 Å². The molecule has 138 valence electrons. The minimum Gasteiger partial charge on any atom is -0.465 e. The quantitative estimate of drug-likeness (QED) is 0.775. The molecule has 0 atom stereocenters. The molecular formula is C15H22N4O5S. The van der Waals surface area contributed by atoms with Crippen molar-refractivity contribution in [1.29, 1.82) is 0 Å². The number of rotatable bonds is 4. The Morgan fingerprint density at radius 2 is 1.64 bits per heavy atom. The Morgan fingerprint density at radius 1 is 1.08 bits per heavy atom. The van der Waals surface area contributed by atoms with Crippen LogP contribution in [0.15, 0.2) is 24.3 Å². The number of carbonyl (C=O) groups is 2. The molecule has 2 rings (SSSR count). The van der Waals surface area contributed by atoms with Gasteiger partial charge in [-0.1, -0.05) is 0 Å². The summed E-state index contributed by atoms with van der Waals surface area (Å²) >= 11 is 0. The fourth-order valence-electron chi connectivity index (χ4n) is 2.36. The van der Waals surface area contributed by atoms with E-state index in [1.807, 2.05) is 0 Å². The number of anilines is 1. The first-order chi connectivity index (χ1) is 11.8. The van der Waals surface area contributed by atoms with Gasteiger partial charge in [0.25, 0.3) is 10.2 Å². The third-order valence-corrected chi connectivity index (χ3v) is 5.81. The van der Waals surface area contributed by atoms with Gasteiger partial charge < -0.3 is 15.0 Å². The standard InChI is InChI=1S/C15H22N4O5S/c1-17(2)25(22,23)19-10-8-18(9-11-19)15(21)16-13-6-4-12(5-7-13)14(20)24-3/h4-7H,8-11H2,1-3H3,(H,16,21). The Hall–Kier alpha value is -2.17. The van der Waals surface area contributed by atoms with Crippen LogP contribution in [0.3, 0.4) is 0 Å². The zero-order valence-corrected chi connectivity index (χ0v) is 15.2. The number of carbonyl (C=O) groups excluding carboxylic acids is 2. The molecule has 1 aromatic rings. The van der Waals surface area contributed by atoms with E-state index in [1.165, 1.54) is 25.5 Å². The van der Waals surface area contributed by atoms with Crippen LogP contribution in [-0.4, -0.2) is 81.3 Å². The van der Waals surface area contributed by atoms with Crippen LogP contribution in [0.5, 0.6) is 0 Å². The molecule has 1 fully saturated rings. The maximum Gasteiger partial charge on any atom is 0.337 e. The van der Waals surface area contributed by atoms with Crippen molar-refractivity contribution < 1.29 is 22.7 Å². The van der Waals surface area contributed by atoms with E-state index in [0.29, 0.717) is 24.3 Å². The maximum absolute atomic E-state index is 12.3. The third kappa shape index (κ3) is 4.47. The summed E-state index contributed by atoms with van der Waals surface area (Å²) in [6, 6.07) is 6.02. The van der Waals surface area contributed by atoms with Crippen LogP contribution in [0, 0.1) is 0 Å². The predicted molar refractivity (Wildman–Crippen MR) is 92.6 cm³/mol. The predicted octanol–water partition coefficient (Wildman–Crippen LogP) is 0.429. The number of benzene rings is 1. The lowest BCUT2D eigenvalue weighted by Crippen LogP contribution is -2.53. The zero-order valence-electron chi connectivity index (χ0n) is 14.4. The van der Waals surface area contributed by atoms with Crippen molar-refractivity contribution in [3.63, 3.8) is 0 Å². The molecule has 9 nitrogen and oxygen atoms in total. The van der Waals surface area contributed by atoms with Gasteiger partial charge in [-0.15, -0.1) is 0 Å². The van der Waals surface area contributed by atoms with Crippen LogP contribution in [0.4, 0.5) is 10.5 Å². The number of piperazine rings is 1. The maximum atomic E-state index is 12.3. The van der Waals surface area contributed by atoms with E-state index in [-0.39, 0.29) is 19.1 Å². The second kappa shape index (κ2) is 7.81. The van der Waals surface area contributed by atoms with Crippen molar-refractivity contribution >= 4 is 27.9 Å². The molecule has 1 N–H and O–H groups in total. The summed E-state index contributed by atoms with van der Waals surface area (Å²) in [5.41, 5.74) is 0.934. The van der Waals surface area contributed by atoms with Crippen molar-refractivity contribution in [2.24, 2.45) is 0 Å². The monoisotopic (exact) mass is 370 g/mol. The van der Waals surface area contributed by atoms with Gasteiger partial charge in [0.15, 0.2) is 0 Å². The number of esters is 1. The molecule has 0 saturated carbocycles. The Bertz CT molecular complexity index is 725. The van der Waals surface area contributed by atoms with E-state index in [0.717, 1.165) is 4.31 Å². The summed E-state index contributed by atoms with van der Waals surface area (Å²) in [7, 11) is 0.798. The molecule has 0 aliphatic carbocycles. The van der Waals surface area contributed by atoms with Gasteiger partial charge in [0, 0.05) is 46.0 Å². The molecule has 0 spiro atoms. The lowest BCUT2D eigenvalue weighted by Gasteiger charge is -2.35. The van der Waals surface area contributed by atoms with Crippen LogP contribution in [-0.2, 0) is 14.9 Å². The fraction of sp³-hybridized carbons (Fsp3) is 0.467. The van der Waals surface area contributed by atoms with Crippen LogP contribution >= 0.6 is 0 Å². The van der Waals surface area contributed by atoms with Crippen molar-refractivity contribution in [2.45, 2.75) is 0 Å². The average molecular weight is 370 g/mol. The van der Waals surface area contributed by atoms with Gasteiger partial charge in [0.1, 0.15) is 0 Å². The minimum absolute atomic E-state index is 0.245. The first-order valence-electron chi connectivity index (χ1n) is 7.67. The summed E-state index contributed by atoms with van der Waals surface area (Å²) in [6.45, 7) is 1.10. The molecule has 1 aliphatic heterocycles. The van der Waals surface area contributed by atoms with Gasteiger partial charge in [-0.05, 0) is 24.3 Å². The molecule has 1 heterocycles. The Morgan fingerprint density at radius 3 is 2.12 bits per heavy atom. The molecule has 0 unspecified atom stereocenters. The van der Waals surface area contributed by atoms with E-state index in [2.05, 4.69) is 10.1 Å². The largest absolute Gasteiger partial charge is 0.465 e. The molecule has 0 radical (unpaired) electrons. The van der Waals surface area contributed by atoms with E-state index < -0.39 is 16.2 Å². The van der Waals surface area contributed by atoms with Gasteiger partial charge in [0.2, 0.25) is 0 Å². The highest BCUT2D eigenvalue weighted by molar-refractivity contribution is 7.86. The third-order valence-electron chi connectivity index (χ3n) is 3.87. The van der Waals surface area contributed by atoms with Gasteiger partial charge in [-0.2, -0.15) is 17.0 Å². The smallest absolute Gasteiger partial charge is 0.337 e. The van der Waals surface area contributed by atoms with E-state index in [4.69, 9.17) is 0 Å². The molecule has 25 heavy (non-hydrogen) atoms. The topological polar surface area (TPSA) is 99.3 Å². The first-order valence-corrected chi connectivity index (χ1v) is 9.07. The highest BCUT2D eigenvalue weighted by Crippen LogP contribution is 2.14. The Kier molecular flexibility index (Phi) is 5.98. The van der Waals surface area contributed by atoms with E-state index in [9.17, 15) is 18.0 Å². The molecule has 10 heteroatoms. The first kappa shape index (κ1) is 19.2. The molecule has 2 amide bonds. The number of hydrogen-bond donors (Lipinski definition) is 1. The molecule has 0 aromatic heterocycles. The molecule has 1 aliphatic rings. The van der Waals surface area contributed by atoms with Crippen molar-refractivity contribution in [2.75, 3.05) is 52.7 Å². The lowest BCUT2D eigenvalue weighted by atomic mass is 10.2. The van der Waals surface area contributed by atoms with Gasteiger partial charge in [-0.3, -0.25) is 0 Å². The van der Waals surface area contributed by atoms with Crippen LogP contribution in [0.25, 0.3) is 0 Å². The van der Waals surface area contributed by atoms with Crippen LogP contribution in [0.1, 0.15) is 10.4 Å². The number of amides is 2. The van der Waals surface area contributed by atoms with Gasteiger partial charge in [0.05, 0.1) is 12.7 Å². The molecule has 1 saturated heterocycles. The molecular weight excluding hydrogens is 348 g/mol. The summed E-state index contributed by atoms with van der Waals surface area (Å²) in [4.78, 5) is 25.2. The fourth-order valence-corrected chi connectivity index (χ4v) is 3.45. The molecule has 1 aromatic carbocycles. The zero-order chi connectivity index (χ0) is 18.6. The number of hydrogen-bond acceptors (Lipinski definition) is 5. The van der Waals surface area contributed by atoms with Gasteiger partial charge in [-0.25, -0.2) is 9.59 Å². The van der Waals surface area contributed by atoms with E-state index >= 15 is 0 Å². The number of nitrogens with zero attached hydrogens (tertiary/aromatic N) is 3. The SMILES string of the molecule is COC(=O)c1ccc(NC(=O)N2CCN(S(=O)(=O)N(C)C)CC2)cc1. The minimum atomic E-state index is -3.46. The summed E-state index contributed by atoms with van der Waals surface area (Å²) in [6.07, 6.45) is 0. The van der Waals surface area contributed by atoms with Crippen molar-refractivity contribution in [3.05, 3.63) is 29.8 Å². The van der Waals surface area contributed by atoms with E-state index in [1.54, 1.807) is 29.2 Å². The lowest BCUT2D eigenvalue weighted by molar-refractivity contribution is 0.0600. The average Bonchev–Trinajstić information content (AvgIpc) is 2.61. The number of methoxy groups -OCH3 is 1. The normalized spacial score (nSPS) is 15.9. The highest BCUT2D eigenvalue weighted by atomic mass is 32.2. The summed E-state index contributed by atoms with van der Waals surface area (Å²) < 4.78 is 31.2. The molecule has 0 bridgehead atoms. The van der Waals surface area contributed by atoms with Crippen molar-refractivity contribution in [3.8, 4) is 0 Å². The van der Waals surface area contributed by atoms with Crippen LogP contribution in [0.2, 0.25) is 0 Å². The summed E-state index contributed by atoms with van der Waals surface area (Å²) in [5, 5.41) is 2.73. The van der Waals surface area contributed by atoms with Crippen LogP contribution < -0.4 is 5.32 Å². The number of urea groups is 1. The Balaban J connectivity index is 1.92. The Labute approximate surface area is 147 Å². The number of ether oxygens (including phenoxy) is 1. The second-order valence-electron chi connectivity index (χ2n) is 5.68. The second-order valence-corrected chi connectivity index (χ2v) is 7.82. The number of nitrogens with one attached hydrogen (secondary N) is 1. The highest BCUT2D eigenvalue weighted by Gasteiger charge is 2.30.